The van der Waals surface area contributed by atoms with E-state index in [9.17, 15) is 8.78 Å². The molecule has 0 bridgehead atoms. The molecule has 0 fully saturated rings. The minimum absolute atomic E-state index is 0.232. The molecule has 0 amide bonds. The summed E-state index contributed by atoms with van der Waals surface area (Å²) in [6.45, 7) is -1.13. The number of hydrogen-bond donors (Lipinski definition) is 0. The summed E-state index contributed by atoms with van der Waals surface area (Å²) in [6, 6.07) is 2.95. The molecular formula is C11H7ClF2N2. The lowest BCUT2D eigenvalue weighted by Gasteiger charge is -2.04. The topological polar surface area (TPSA) is 17.8 Å². The van der Waals surface area contributed by atoms with Gasteiger partial charge in [-0.25, -0.2) is 4.98 Å². The van der Waals surface area contributed by atoms with Crippen molar-refractivity contribution >= 4 is 22.6 Å². The van der Waals surface area contributed by atoms with Crippen LogP contribution in [0.1, 0.15) is 17.9 Å². The highest BCUT2D eigenvalue weighted by Crippen LogP contribution is 2.27. The second-order valence-electron chi connectivity index (χ2n) is 3.27. The van der Waals surface area contributed by atoms with Gasteiger partial charge in [0.2, 0.25) is 0 Å². The van der Waals surface area contributed by atoms with E-state index in [0.29, 0.717) is 11.1 Å². The van der Waals surface area contributed by atoms with E-state index in [2.05, 4.69) is 10.9 Å². The van der Waals surface area contributed by atoms with Crippen LogP contribution in [0.2, 0.25) is 5.02 Å². The zero-order valence-electron chi connectivity index (χ0n) is 8.34. The van der Waals surface area contributed by atoms with Gasteiger partial charge < -0.3 is 0 Å². The Bertz CT molecular complexity index is 596. The van der Waals surface area contributed by atoms with E-state index in [-0.39, 0.29) is 16.4 Å². The molecule has 2 rings (SSSR count). The molecule has 0 atom stereocenters. The number of benzene rings is 1. The van der Waals surface area contributed by atoms with Crippen LogP contribution in [0, 0.1) is 19.3 Å². The SMILES string of the molecule is C#Cc1cc2nc(C)n(C(F)F)c2cc1Cl. The van der Waals surface area contributed by atoms with Gasteiger partial charge in [-0.3, -0.25) is 4.57 Å². The van der Waals surface area contributed by atoms with Crippen LogP contribution < -0.4 is 0 Å². The minimum Gasteiger partial charge on any atom is -0.270 e. The number of aromatic nitrogens is 2. The third kappa shape index (κ3) is 1.54. The molecule has 0 aliphatic rings. The van der Waals surface area contributed by atoms with Gasteiger partial charge in [0.25, 0.3) is 0 Å². The van der Waals surface area contributed by atoms with Crippen molar-refractivity contribution in [2.24, 2.45) is 0 Å². The maximum absolute atomic E-state index is 12.7. The predicted octanol–water partition coefficient (Wildman–Crippen LogP) is 3.37. The van der Waals surface area contributed by atoms with Crippen molar-refractivity contribution in [2.45, 2.75) is 13.5 Å². The molecule has 1 aromatic heterocycles. The fourth-order valence-corrected chi connectivity index (χ4v) is 1.81. The molecule has 0 unspecified atom stereocenters. The van der Waals surface area contributed by atoms with Crippen molar-refractivity contribution in [3.05, 3.63) is 28.5 Å². The van der Waals surface area contributed by atoms with Gasteiger partial charge in [0.05, 0.1) is 16.1 Å². The van der Waals surface area contributed by atoms with Crippen LogP contribution in [0.15, 0.2) is 12.1 Å². The average molecular weight is 241 g/mol. The Morgan fingerprint density at radius 1 is 1.50 bits per heavy atom. The maximum Gasteiger partial charge on any atom is 0.320 e. The Labute approximate surface area is 95.8 Å². The normalized spacial score (nSPS) is 11.0. The maximum atomic E-state index is 12.7. The first-order valence-corrected chi connectivity index (χ1v) is 4.85. The first-order chi connectivity index (χ1) is 7.54. The molecule has 82 valence electrons. The summed E-state index contributed by atoms with van der Waals surface area (Å²) in [5.74, 6) is 2.61. The molecule has 5 heteroatoms. The van der Waals surface area contributed by atoms with Gasteiger partial charge in [-0.05, 0) is 19.1 Å². The van der Waals surface area contributed by atoms with Crippen molar-refractivity contribution < 1.29 is 8.78 Å². The summed E-state index contributed by atoms with van der Waals surface area (Å²) in [6.07, 6.45) is 5.23. The van der Waals surface area contributed by atoms with E-state index in [1.54, 1.807) is 0 Å². The number of halogens is 3. The van der Waals surface area contributed by atoms with E-state index < -0.39 is 6.55 Å². The lowest BCUT2D eigenvalue weighted by atomic mass is 10.2. The van der Waals surface area contributed by atoms with E-state index in [4.69, 9.17) is 18.0 Å². The van der Waals surface area contributed by atoms with Gasteiger partial charge in [-0.1, -0.05) is 17.5 Å². The quantitative estimate of drug-likeness (QED) is 0.699. The summed E-state index contributed by atoms with van der Waals surface area (Å²) < 4.78 is 26.3. The van der Waals surface area contributed by atoms with Crippen molar-refractivity contribution in [2.75, 3.05) is 0 Å². The Hall–Kier alpha value is -1.60. The van der Waals surface area contributed by atoms with Crippen molar-refractivity contribution in [3.63, 3.8) is 0 Å². The molecule has 1 aromatic carbocycles. The summed E-state index contributed by atoms with van der Waals surface area (Å²) in [4.78, 5) is 4.01. The highest BCUT2D eigenvalue weighted by molar-refractivity contribution is 6.32. The van der Waals surface area contributed by atoms with Gasteiger partial charge >= 0.3 is 6.55 Å². The van der Waals surface area contributed by atoms with Crippen molar-refractivity contribution in [3.8, 4) is 12.3 Å². The fraction of sp³-hybridized carbons (Fsp3) is 0.182. The van der Waals surface area contributed by atoms with Gasteiger partial charge in [-0.2, -0.15) is 8.78 Å². The number of terminal acetylenes is 1. The molecule has 2 aromatic rings. The number of fused-ring (bicyclic) bond motifs is 1. The highest BCUT2D eigenvalue weighted by atomic mass is 35.5. The van der Waals surface area contributed by atoms with Crippen LogP contribution in [0.4, 0.5) is 8.78 Å². The molecule has 0 spiro atoms. The molecule has 0 saturated heterocycles. The first kappa shape index (κ1) is 10.9. The third-order valence-corrected chi connectivity index (χ3v) is 2.62. The predicted molar refractivity (Wildman–Crippen MR) is 58.7 cm³/mol. The van der Waals surface area contributed by atoms with E-state index >= 15 is 0 Å². The van der Waals surface area contributed by atoms with Gasteiger partial charge in [-0.15, -0.1) is 6.42 Å². The van der Waals surface area contributed by atoms with E-state index in [0.717, 1.165) is 4.57 Å². The number of alkyl halides is 2. The van der Waals surface area contributed by atoms with E-state index in [1.165, 1.54) is 19.1 Å². The summed E-state index contributed by atoms with van der Waals surface area (Å²) >= 11 is 5.86. The Kier molecular flexibility index (Phi) is 2.56. The van der Waals surface area contributed by atoms with Gasteiger partial charge in [0.1, 0.15) is 5.82 Å². The molecule has 0 radical (unpaired) electrons. The second kappa shape index (κ2) is 3.76. The van der Waals surface area contributed by atoms with Crippen LogP contribution in [0.3, 0.4) is 0 Å². The largest absolute Gasteiger partial charge is 0.320 e. The number of nitrogens with zero attached hydrogens (tertiary/aromatic N) is 2. The Morgan fingerprint density at radius 2 is 2.19 bits per heavy atom. The van der Waals surface area contributed by atoms with Crippen LogP contribution in [-0.2, 0) is 0 Å². The lowest BCUT2D eigenvalue weighted by Crippen LogP contribution is -2.00. The Morgan fingerprint density at radius 3 is 2.75 bits per heavy atom. The Balaban J connectivity index is 2.82. The molecule has 0 aliphatic carbocycles. The summed E-state index contributed by atoms with van der Waals surface area (Å²) in [5, 5.41) is 0.275. The van der Waals surface area contributed by atoms with Crippen LogP contribution in [0.25, 0.3) is 11.0 Å². The van der Waals surface area contributed by atoms with Gasteiger partial charge in [0, 0.05) is 5.56 Å². The van der Waals surface area contributed by atoms with Crippen LogP contribution >= 0.6 is 11.6 Å². The number of aryl methyl sites for hydroxylation is 1. The van der Waals surface area contributed by atoms with Crippen molar-refractivity contribution in [1.82, 2.24) is 9.55 Å². The molecule has 1 heterocycles. The van der Waals surface area contributed by atoms with Gasteiger partial charge in [0.15, 0.2) is 0 Å². The lowest BCUT2D eigenvalue weighted by molar-refractivity contribution is 0.0725. The molecular weight excluding hydrogens is 234 g/mol. The molecule has 0 N–H and O–H groups in total. The average Bonchev–Trinajstić information content (AvgIpc) is 2.51. The zero-order chi connectivity index (χ0) is 11.9. The van der Waals surface area contributed by atoms with Crippen LogP contribution in [0.5, 0.6) is 0 Å². The summed E-state index contributed by atoms with van der Waals surface area (Å²) in [5.41, 5.74) is 1.17. The number of hydrogen-bond acceptors (Lipinski definition) is 1. The monoisotopic (exact) mass is 240 g/mol. The molecule has 2 nitrogen and oxygen atoms in total. The summed E-state index contributed by atoms with van der Waals surface area (Å²) in [7, 11) is 0. The van der Waals surface area contributed by atoms with Crippen molar-refractivity contribution in [1.29, 1.82) is 0 Å². The zero-order valence-corrected chi connectivity index (χ0v) is 9.09. The minimum atomic E-state index is -2.64. The third-order valence-electron chi connectivity index (χ3n) is 2.31. The fourth-order valence-electron chi connectivity index (χ4n) is 1.59. The second-order valence-corrected chi connectivity index (χ2v) is 3.68. The molecule has 16 heavy (non-hydrogen) atoms. The first-order valence-electron chi connectivity index (χ1n) is 4.47. The highest BCUT2D eigenvalue weighted by Gasteiger charge is 2.16. The van der Waals surface area contributed by atoms with Crippen LogP contribution in [-0.4, -0.2) is 9.55 Å². The van der Waals surface area contributed by atoms with E-state index in [1.807, 2.05) is 0 Å². The standard InChI is InChI=1S/C11H7ClF2N2/c1-3-7-4-9-10(5-8(7)12)16(11(13)14)6(2)15-9/h1,4-5,11H,2H3. The number of rotatable bonds is 1. The molecule has 0 aliphatic heterocycles. The molecule has 0 saturated carbocycles. The smallest absolute Gasteiger partial charge is 0.270 e. The number of imidazole rings is 1.